The number of amides is 1. The van der Waals surface area contributed by atoms with Crippen LogP contribution in [0.3, 0.4) is 0 Å². The van der Waals surface area contributed by atoms with Gasteiger partial charge in [0.15, 0.2) is 5.78 Å². The number of morpholine rings is 1. The highest BCUT2D eigenvalue weighted by molar-refractivity contribution is 5.97. The van der Waals surface area contributed by atoms with Crippen molar-refractivity contribution >= 4 is 11.9 Å². The molecular weight excluding hydrogens is 356 g/mol. The Kier molecular flexibility index (Phi) is 5.39. The molecule has 2 fully saturated rings. The molecule has 2 saturated heterocycles. The predicted octanol–water partition coefficient (Wildman–Crippen LogP) is 3.39. The molecule has 2 aliphatic rings. The molecule has 0 radical (unpaired) electrons. The summed E-state index contributed by atoms with van der Waals surface area (Å²) in [7, 11) is 0. The third kappa shape index (κ3) is 3.92. The second kappa shape index (κ2) is 8.10. The van der Waals surface area contributed by atoms with Gasteiger partial charge in [-0.1, -0.05) is 30.3 Å². The number of aryl methyl sites for hydroxylation is 1. The first-order valence-corrected chi connectivity index (χ1v) is 9.65. The summed E-state index contributed by atoms with van der Waals surface area (Å²) >= 11 is 0. The number of ketones is 1. The van der Waals surface area contributed by atoms with Crippen LogP contribution in [0.4, 0.5) is 4.79 Å². The smallest absolute Gasteiger partial charge is 0.410 e. The van der Waals surface area contributed by atoms with Crippen molar-refractivity contribution in [2.75, 3.05) is 13.2 Å². The number of Topliss-reactive ketones (excluding diaryl/α,β-unsaturated/α-hetero) is 1. The van der Waals surface area contributed by atoms with E-state index in [1.54, 1.807) is 11.1 Å². The normalized spacial score (nSPS) is 23.9. The molecule has 2 atom stereocenters. The largest absolute Gasteiger partial charge is 0.445 e. The van der Waals surface area contributed by atoms with E-state index in [1.807, 2.05) is 49.4 Å². The first-order chi connectivity index (χ1) is 13.6. The summed E-state index contributed by atoms with van der Waals surface area (Å²) in [4.78, 5) is 31.7. The van der Waals surface area contributed by atoms with E-state index in [1.165, 1.54) is 0 Å². The van der Waals surface area contributed by atoms with E-state index in [-0.39, 0.29) is 36.5 Å². The lowest BCUT2D eigenvalue weighted by Gasteiger charge is -2.47. The van der Waals surface area contributed by atoms with Crippen molar-refractivity contribution in [1.82, 2.24) is 9.88 Å². The maximum absolute atomic E-state index is 12.9. The molecule has 6 nitrogen and oxygen atoms in total. The van der Waals surface area contributed by atoms with E-state index in [0.29, 0.717) is 31.6 Å². The van der Waals surface area contributed by atoms with E-state index in [2.05, 4.69) is 4.98 Å². The van der Waals surface area contributed by atoms with Crippen LogP contribution in [0.15, 0.2) is 48.7 Å². The summed E-state index contributed by atoms with van der Waals surface area (Å²) in [5.74, 6) is -0.0247. The summed E-state index contributed by atoms with van der Waals surface area (Å²) in [6, 6.07) is 13.0. The Balaban J connectivity index is 1.42. The van der Waals surface area contributed by atoms with Gasteiger partial charge in [-0.15, -0.1) is 0 Å². The van der Waals surface area contributed by atoms with E-state index >= 15 is 0 Å². The van der Waals surface area contributed by atoms with Crippen LogP contribution in [0.2, 0.25) is 0 Å². The van der Waals surface area contributed by atoms with Gasteiger partial charge in [-0.3, -0.25) is 14.7 Å². The first-order valence-electron chi connectivity index (χ1n) is 9.65. The van der Waals surface area contributed by atoms with Gasteiger partial charge in [0.25, 0.3) is 0 Å². The quantitative estimate of drug-likeness (QED) is 0.761. The summed E-state index contributed by atoms with van der Waals surface area (Å²) in [5, 5.41) is 0. The zero-order valence-corrected chi connectivity index (χ0v) is 15.9. The van der Waals surface area contributed by atoms with Crippen LogP contribution in [-0.2, 0) is 16.1 Å². The number of hydrogen-bond acceptors (Lipinski definition) is 5. The van der Waals surface area contributed by atoms with E-state index in [9.17, 15) is 9.59 Å². The molecule has 6 heteroatoms. The molecule has 3 heterocycles. The van der Waals surface area contributed by atoms with Gasteiger partial charge in [-0.25, -0.2) is 4.79 Å². The molecule has 28 heavy (non-hydrogen) atoms. The van der Waals surface area contributed by atoms with Gasteiger partial charge >= 0.3 is 6.09 Å². The van der Waals surface area contributed by atoms with Crippen LogP contribution >= 0.6 is 0 Å². The van der Waals surface area contributed by atoms with Gasteiger partial charge in [-0.05, 0) is 37.5 Å². The number of pyridine rings is 1. The second-order valence-electron chi connectivity index (χ2n) is 7.51. The molecule has 1 amide bonds. The minimum Gasteiger partial charge on any atom is -0.445 e. The fourth-order valence-corrected chi connectivity index (χ4v) is 4.07. The third-order valence-electron chi connectivity index (χ3n) is 5.50. The van der Waals surface area contributed by atoms with Crippen LogP contribution in [0.1, 0.15) is 34.5 Å². The molecule has 0 aliphatic carbocycles. The maximum atomic E-state index is 12.9. The van der Waals surface area contributed by atoms with Crippen LogP contribution in [0.5, 0.6) is 0 Å². The molecule has 2 aliphatic heterocycles. The Morgan fingerprint density at radius 2 is 1.82 bits per heavy atom. The molecule has 0 N–H and O–H groups in total. The topological polar surface area (TPSA) is 68.7 Å². The molecule has 146 valence electrons. The number of carbonyl (C=O) groups excluding carboxylic acids is 2. The van der Waals surface area contributed by atoms with Gasteiger partial charge < -0.3 is 9.47 Å². The minimum atomic E-state index is -0.329. The van der Waals surface area contributed by atoms with Crippen LogP contribution < -0.4 is 0 Å². The molecule has 2 aromatic rings. The van der Waals surface area contributed by atoms with Gasteiger partial charge in [0, 0.05) is 23.4 Å². The van der Waals surface area contributed by atoms with Crippen molar-refractivity contribution in [3.63, 3.8) is 0 Å². The SMILES string of the molecule is Cc1ccc(C(=O)C2CC3COCC(C2)N3C(=O)OCc2ccccc2)cn1. The zero-order chi connectivity index (χ0) is 19.5. The molecular formula is C22H24N2O4. The molecule has 4 rings (SSSR count). The Hall–Kier alpha value is -2.73. The van der Waals surface area contributed by atoms with E-state index < -0.39 is 0 Å². The monoisotopic (exact) mass is 380 g/mol. The average Bonchev–Trinajstić information content (AvgIpc) is 2.72. The van der Waals surface area contributed by atoms with Crippen molar-refractivity contribution in [2.24, 2.45) is 5.92 Å². The van der Waals surface area contributed by atoms with Gasteiger partial charge in [0.2, 0.25) is 0 Å². The maximum Gasteiger partial charge on any atom is 0.410 e. The van der Waals surface area contributed by atoms with Crippen LogP contribution in [-0.4, -0.2) is 47.1 Å². The standard InChI is InChI=1S/C22H24N2O4/c1-15-7-8-17(11-23-15)21(25)18-9-19-13-27-14-20(10-18)24(19)22(26)28-12-16-5-3-2-4-6-16/h2-8,11,18-20H,9-10,12-14H2,1H3. The summed E-state index contributed by atoms with van der Waals surface area (Å²) in [6.45, 7) is 3.02. The molecule has 1 aromatic heterocycles. The Morgan fingerprint density at radius 3 is 2.46 bits per heavy atom. The van der Waals surface area contributed by atoms with Crippen LogP contribution in [0.25, 0.3) is 0 Å². The Labute approximate surface area is 164 Å². The molecule has 1 aromatic carbocycles. The number of ether oxygens (including phenoxy) is 2. The minimum absolute atomic E-state index is 0.0988. The first kappa shape index (κ1) is 18.6. The number of aromatic nitrogens is 1. The highest BCUT2D eigenvalue weighted by Crippen LogP contribution is 2.34. The lowest BCUT2D eigenvalue weighted by molar-refractivity contribution is -0.0755. The van der Waals surface area contributed by atoms with Crippen molar-refractivity contribution in [3.8, 4) is 0 Å². The fourth-order valence-electron chi connectivity index (χ4n) is 4.07. The third-order valence-corrected chi connectivity index (χ3v) is 5.50. The molecule has 0 spiro atoms. The van der Waals surface area contributed by atoms with Crippen LogP contribution in [0, 0.1) is 12.8 Å². The van der Waals surface area contributed by atoms with Crippen molar-refractivity contribution in [1.29, 1.82) is 0 Å². The molecule has 0 saturated carbocycles. The number of carbonyl (C=O) groups is 2. The summed E-state index contributed by atoms with van der Waals surface area (Å²) < 4.78 is 11.2. The lowest BCUT2D eigenvalue weighted by Crippen LogP contribution is -2.59. The number of benzene rings is 1. The number of hydrogen-bond donors (Lipinski definition) is 0. The highest BCUT2D eigenvalue weighted by atomic mass is 16.6. The summed E-state index contributed by atoms with van der Waals surface area (Å²) in [6.07, 6.45) is 2.49. The second-order valence-corrected chi connectivity index (χ2v) is 7.51. The Bertz CT molecular complexity index is 823. The number of nitrogens with zero attached hydrogens (tertiary/aromatic N) is 2. The molecule has 2 unspecified atom stereocenters. The van der Waals surface area contributed by atoms with Gasteiger partial charge in [-0.2, -0.15) is 0 Å². The van der Waals surface area contributed by atoms with Crippen molar-refractivity contribution in [2.45, 2.75) is 38.5 Å². The fraction of sp³-hybridized carbons (Fsp3) is 0.409. The zero-order valence-electron chi connectivity index (χ0n) is 15.9. The molecule has 2 bridgehead atoms. The number of fused-ring (bicyclic) bond motifs is 2. The van der Waals surface area contributed by atoms with Crippen molar-refractivity contribution < 1.29 is 19.1 Å². The Morgan fingerprint density at radius 1 is 1.11 bits per heavy atom. The average molecular weight is 380 g/mol. The highest BCUT2D eigenvalue weighted by Gasteiger charge is 2.44. The van der Waals surface area contributed by atoms with E-state index in [4.69, 9.17) is 9.47 Å². The van der Waals surface area contributed by atoms with Crippen molar-refractivity contribution in [3.05, 3.63) is 65.5 Å². The number of rotatable bonds is 4. The summed E-state index contributed by atoms with van der Waals surface area (Å²) in [5.41, 5.74) is 2.47. The van der Waals surface area contributed by atoms with Gasteiger partial charge in [0.05, 0.1) is 25.3 Å². The lowest BCUT2D eigenvalue weighted by atomic mass is 9.81. The van der Waals surface area contributed by atoms with E-state index in [0.717, 1.165) is 11.3 Å². The van der Waals surface area contributed by atoms with Gasteiger partial charge in [0.1, 0.15) is 6.61 Å². The number of piperidine rings is 1. The predicted molar refractivity (Wildman–Crippen MR) is 103 cm³/mol.